The minimum Gasteiger partial charge on any atom is -0.356 e. The molecule has 3 rings (SSSR count). The summed E-state index contributed by atoms with van der Waals surface area (Å²) in [6.07, 6.45) is 5.00. The molecular formula is C21H27N5O2. The Morgan fingerprint density at radius 3 is 2.61 bits per heavy atom. The number of hydrogen-bond donors (Lipinski definition) is 1. The summed E-state index contributed by atoms with van der Waals surface area (Å²) in [6, 6.07) is 7.90. The summed E-state index contributed by atoms with van der Waals surface area (Å²) < 4.78 is 3.23. The molecule has 0 saturated carbocycles. The largest absolute Gasteiger partial charge is 0.356 e. The van der Waals surface area contributed by atoms with Gasteiger partial charge in [0.2, 0.25) is 5.91 Å². The lowest BCUT2D eigenvalue weighted by Gasteiger charge is -2.10. The van der Waals surface area contributed by atoms with E-state index >= 15 is 0 Å². The van der Waals surface area contributed by atoms with Crippen LogP contribution in [0.2, 0.25) is 0 Å². The van der Waals surface area contributed by atoms with Gasteiger partial charge in [-0.05, 0) is 32.4 Å². The summed E-state index contributed by atoms with van der Waals surface area (Å²) in [5, 5.41) is 7.71. The molecule has 1 N–H and O–H groups in total. The highest BCUT2D eigenvalue weighted by Crippen LogP contribution is 2.15. The number of unbranched alkanes of at least 4 members (excludes halogenated alkanes) is 2. The van der Waals surface area contributed by atoms with Crippen molar-refractivity contribution in [3.8, 4) is 5.69 Å². The summed E-state index contributed by atoms with van der Waals surface area (Å²) >= 11 is 0. The Labute approximate surface area is 164 Å². The van der Waals surface area contributed by atoms with Gasteiger partial charge >= 0.3 is 0 Å². The lowest BCUT2D eigenvalue weighted by Crippen LogP contribution is -2.29. The fraction of sp³-hybridized carbons (Fsp3) is 0.429. The third kappa shape index (κ3) is 4.30. The van der Waals surface area contributed by atoms with Crippen LogP contribution in [0.1, 0.15) is 44.0 Å². The van der Waals surface area contributed by atoms with E-state index in [0.29, 0.717) is 29.9 Å². The van der Waals surface area contributed by atoms with Gasteiger partial charge in [0.25, 0.3) is 5.56 Å². The van der Waals surface area contributed by atoms with Crippen molar-refractivity contribution in [2.24, 2.45) is 0 Å². The minimum absolute atomic E-state index is 0.0437. The second-order valence-corrected chi connectivity index (χ2v) is 7.05. The van der Waals surface area contributed by atoms with Crippen LogP contribution in [-0.2, 0) is 11.3 Å². The average molecular weight is 381 g/mol. The van der Waals surface area contributed by atoms with Crippen molar-refractivity contribution in [3.05, 3.63) is 52.2 Å². The van der Waals surface area contributed by atoms with Crippen LogP contribution in [0.3, 0.4) is 0 Å². The molecule has 0 radical (unpaired) electrons. The van der Waals surface area contributed by atoms with Crippen LogP contribution < -0.4 is 10.9 Å². The molecule has 0 unspecified atom stereocenters. The number of fused-ring (bicyclic) bond motifs is 1. The third-order valence-electron chi connectivity index (χ3n) is 4.82. The number of carbonyl (C=O) groups is 1. The van der Waals surface area contributed by atoms with Gasteiger partial charge in [-0.3, -0.25) is 14.2 Å². The van der Waals surface area contributed by atoms with Gasteiger partial charge in [-0.25, -0.2) is 9.67 Å². The van der Waals surface area contributed by atoms with Crippen LogP contribution in [0.15, 0.2) is 35.3 Å². The van der Waals surface area contributed by atoms with Gasteiger partial charge in [-0.15, -0.1) is 0 Å². The molecule has 1 amide bonds. The fourth-order valence-corrected chi connectivity index (χ4v) is 3.15. The molecule has 0 bridgehead atoms. The quantitative estimate of drug-likeness (QED) is 0.608. The SMILES string of the molecule is CCCCCNC(=O)CCn1c(C)nc2c(cnn2-c2ccc(C)cc2)c1=O. The molecule has 1 aromatic carbocycles. The summed E-state index contributed by atoms with van der Waals surface area (Å²) in [4.78, 5) is 29.5. The zero-order valence-electron chi connectivity index (χ0n) is 16.7. The lowest BCUT2D eigenvalue weighted by molar-refractivity contribution is -0.121. The van der Waals surface area contributed by atoms with E-state index in [4.69, 9.17) is 0 Å². The van der Waals surface area contributed by atoms with E-state index in [0.717, 1.165) is 30.5 Å². The maximum absolute atomic E-state index is 12.9. The van der Waals surface area contributed by atoms with Crippen molar-refractivity contribution in [3.63, 3.8) is 0 Å². The highest BCUT2D eigenvalue weighted by Gasteiger charge is 2.14. The first kappa shape index (κ1) is 19.8. The number of nitrogens with one attached hydrogen (secondary N) is 1. The standard InChI is InChI=1S/C21H27N5O2/c1-4-5-6-12-22-19(27)11-13-25-16(3)24-20-18(21(25)28)14-23-26(20)17-9-7-15(2)8-10-17/h7-10,14H,4-6,11-13H2,1-3H3,(H,22,27). The van der Waals surface area contributed by atoms with Gasteiger partial charge in [0.1, 0.15) is 11.2 Å². The highest BCUT2D eigenvalue weighted by molar-refractivity contribution is 5.76. The first-order valence-electron chi connectivity index (χ1n) is 9.80. The van der Waals surface area contributed by atoms with Crippen LogP contribution in [-0.4, -0.2) is 31.8 Å². The number of benzene rings is 1. The summed E-state index contributed by atoms with van der Waals surface area (Å²) in [5.74, 6) is 0.531. The second-order valence-electron chi connectivity index (χ2n) is 7.05. The number of rotatable bonds is 8. The molecule has 0 fully saturated rings. The smallest absolute Gasteiger partial charge is 0.264 e. The number of carbonyl (C=O) groups excluding carboxylic acids is 1. The Morgan fingerprint density at radius 1 is 1.14 bits per heavy atom. The van der Waals surface area contributed by atoms with E-state index in [1.807, 2.05) is 31.2 Å². The van der Waals surface area contributed by atoms with E-state index < -0.39 is 0 Å². The van der Waals surface area contributed by atoms with Gasteiger partial charge in [-0.2, -0.15) is 5.10 Å². The molecule has 148 valence electrons. The molecular weight excluding hydrogens is 354 g/mol. The van der Waals surface area contributed by atoms with Crippen LogP contribution in [0, 0.1) is 13.8 Å². The number of aryl methyl sites for hydroxylation is 2. The van der Waals surface area contributed by atoms with Gasteiger partial charge in [-0.1, -0.05) is 37.5 Å². The maximum atomic E-state index is 12.9. The van der Waals surface area contributed by atoms with Gasteiger partial charge in [0.05, 0.1) is 11.9 Å². The molecule has 2 heterocycles. The highest BCUT2D eigenvalue weighted by atomic mass is 16.1. The Kier molecular flexibility index (Phi) is 6.23. The summed E-state index contributed by atoms with van der Waals surface area (Å²) in [5.41, 5.74) is 2.38. The normalized spacial score (nSPS) is 11.1. The maximum Gasteiger partial charge on any atom is 0.264 e. The number of amides is 1. The molecule has 3 aromatic rings. The first-order valence-corrected chi connectivity index (χ1v) is 9.80. The van der Waals surface area contributed by atoms with Crippen molar-refractivity contribution in [2.75, 3.05) is 6.54 Å². The second kappa shape index (κ2) is 8.82. The Bertz CT molecular complexity index is 1020. The monoisotopic (exact) mass is 381 g/mol. The molecule has 0 saturated heterocycles. The van der Waals surface area contributed by atoms with E-state index in [-0.39, 0.29) is 17.9 Å². The van der Waals surface area contributed by atoms with Crippen LogP contribution in [0.5, 0.6) is 0 Å². The van der Waals surface area contributed by atoms with Crippen molar-refractivity contribution < 1.29 is 4.79 Å². The molecule has 7 nitrogen and oxygen atoms in total. The minimum atomic E-state index is -0.167. The summed E-state index contributed by atoms with van der Waals surface area (Å²) in [7, 11) is 0. The number of hydrogen-bond acceptors (Lipinski definition) is 4. The molecule has 28 heavy (non-hydrogen) atoms. The van der Waals surface area contributed by atoms with Gasteiger partial charge in [0, 0.05) is 19.5 Å². The van der Waals surface area contributed by atoms with E-state index in [2.05, 4.69) is 22.3 Å². The van der Waals surface area contributed by atoms with Crippen molar-refractivity contribution in [1.82, 2.24) is 24.6 Å². The number of aromatic nitrogens is 4. The predicted octanol–water partition coefficient (Wildman–Crippen LogP) is 2.90. The van der Waals surface area contributed by atoms with Gasteiger partial charge in [0.15, 0.2) is 5.65 Å². The zero-order chi connectivity index (χ0) is 20.1. The molecule has 0 spiro atoms. The average Bonchev–Trinajstić information content (AvgIpc) is 3.09. The summed E-state index contributed by atoms with van der Waals surface area (Å²) in [6.45, 7) is 6.92. The Morgan fingerprint density at radius 2 is 1.89 bits per heavy atom. The zero-order valence-corrected chi connectivity index (χ0v) is 16.7. The molecule has 0 atom stereocenters. The van der Waals surface area contributed by atoms with Crippen LogP contribution in [0.25, 0.3) is 16.7 Å². The molecule has 0 aliphatic carbocycles. The third-order valence-corrected chi connectivity index (χ3v) is 4.82. The Hall–Kier alpha value is -2.96. The molecule has 2 aromatic heterocycles. The van der Waals surface area contributed by atoms with Gasteiger partial charge < -0.3 is 5.32 Å². The van der Waals surface area contributed by atoms with Crippen LogP contribution in [0.4, 0.5) is 0 Å². The van der Waals surface area contributed by atoms with E-state index in [1.54, 1.807) is 22.4 Å². The van der Waals surface area contributed by atoms with Crippen molar-refractivity contribution in [1.29, 1.82) is 0 Å². The first-order chi connectivity index (χ1) is 13.5. The predicted molar refractivity (Wildman–Crippen MR) is 110 cm³/mol. The molecule has 0 aliphatic heterocycles. The van der Waals surface area contributed by atoms with Crippen molar-refractivity contribution in [2.45, 2.75) is 53.0 Å². The lowest BCUT2D eigenvalue weighted by atomic mass is 10.2. The fourth-order valence-electron chi connectivity index (χ4n) is 3.15. The molecule has 7 heteroatoms. The van der Waals surface area contributed by atoms with E-state index in [9.17, 15) is 9.59 Å². The van der Waals surface area contributed by atoms with E-state index in [1.165, 1.54) is 0 Å². The topological polar surface area (TPSA) is 81.8 Å². The molecule has 0 aliphatic rings. The van der Waals surface area contributed by atoms with Crippen LogP contribution >= 0.6 is 0 Å². The van der Waals surface area contributed by atoms with Crippen molar-refractivity contribution >= 4 is 16.9 Å². The number of nitrogens with zero attached hydrogens (tertiary/aromatic N) is 4. The Balaban J connectivity index is 1.79.